The summed E-state index contributed by atoms with van der Waals surface area (Å²) < 4.78 is 4.94. The van der Waals surface area contributed by atoms with Gasteiger partial charge in [0.2, 0.25) is 5.91 Å². The third-order valence-corrected chi connectivity index (χ3v) is 4.92. The number of anilines is 1. The van der Waals surface area contributed by atoms with Crippen LogP contribution in [0.2, 0.25) is 0 Å². The van der Waals surface area contributed by atoms with E-state index in [1.807, 2.05) is 19.1 Å². The largest absolute Gasteiger partial charge is 0.456 e. The first-order valence-electron chi connectivity index (χ1n) is 8.90. The van der Waals surface area contributed by atoms with Crippen LogP contribution >= 0.6 is 11.8 Å². The fraction of sp³-hybridized carbons (Fsp3) is 0.238. The van der Waals surface area contributed by atoms with E-state index in [4.69, 9.17) is 10.5 Å². The maximum Gasteiger partial charge on any atom is 0.306 e. The second-order valence-corrected chi connectivity index (χ2v) is 7.27. The number of benzene rings is 2. The Morgan fingerprint density at radius 1 is 1.00 bits per heavy atom. The van der Waals surface area contributed by atoms with Gasteiger partial charge in [-0.05, 0) is 19.1 Å². The molecule has 0 fully saturated rings. The summed E-state index contributed by atoms with van der Waals surface area (Å²) in [5, 5.41) is 2.63. The Bertz CT molecular complexity index is 896. The summed E-state index contributed by atoms with van der Waals surface area (Å²) in [5.74, 6) is -1.69. The van der Waals surface area contributed by atoms with Gasteiger partial charge in [-0.2, -0.15) is 0 Å². The second kappa shape index (κ2) is 11.0. The first-order chi connectivity index (χ1) is 13.8. The average molecular weight is 414 g/mol. The normalized spacial score (nSPS) is 10.2. The molecule has 2 rings (SSSR count). The lowest BCUT2D eigenvalue weighted by molar-refractivity contribution is -0.147. The van der Waals surface area contributed by atoms with Crippen molar-refractivity contribution in [3.05, 3.63) is 59.7 Å². The van der Waals surface area contributed by atoms with Crippen LogP contribution in [0.5, 0.6) is 0 Å². The number of ether oxygens (including phenoxy) is 1. The lowest BCUT2D eigenvalue weighted by atomic mass is 10.1. The van der Waals surface area contributed by atoms with Gasteiger partial charge in [-0.3, -0.25) is 19.2 Å². The molecule has 2 aromatic carbocycles. The number of carbonyl (C=O) groups excluding carboxylic acids is 4. The molecular formula is C21H22N2O5S. The zero-order valence-corrected chi connectivity index (χ0v) is 16.8. The van der Waals surface area contributed by atoms with Crippen LogP contribution in [0.4, 0.5) is 5.69 Å². The molecule has 0 bridgehead atoms. The third-order valence-electron chi connectivity index (χ3n) is 3.83. The van der Waals surface area contributed by atoms with Gasteiger partial charge >= 0.3 is 5.97 Å². The first-order valence-corrected chi connectivity index (χ1v) is 9.89. The number of hydrogen-bond acceptors (Lipinski definition) is 6. The Kier molecular flexibility index (Phi) is 8.42. The van der Waals surface area contributed by atoms with Crippen molar-refractivity contribution < 1.29 is 23.9 Å². The number of Topliss-reactive ketones (excluding diaryl/α,β-unsaturated/α-hetero) is 1. The van der Waals surface area contributed by atoms with E-state index in [0.29, 0.717) is 16.1 Å². The zero-order chi connectivity index (χ0) is 21.2. The minimum Gasteiger partial charge on any atom is -0.456 e. The molecule has 3 N–H and O–H groups in total. The number of carbonyl (C=O) groups is 4. The highest BCUT2D eigenvalue weighted by atomic mass is 32.2. The quantitative estimate of drug-likeness (QED) is 0.351. The second-order valence-electron chi connectivity index (χ2n) is 6.25. The SMILES string of the molecule is Cc1ccc(C(=O)CCC(=O)OCC(=O)Nc2ccccc2SCC(N)=O)cc1. The van der Waals surface area contributed by atoms with E-state index in [2.05, 4.69) is 5.32 Å². The summed E-state index contributed by atoms with van der Waals surface area (Å²) in [6.07, 6.45) is -0.0961. The Hall–Kier alpha value is -3.13. The highest BCUT2D eigenvalue weighted by molar-refractivity contribution is 8.00. The number of primary amides is 1. The summed E-state index contributed by atoms with van der Waals surface area (Å²) >= 11 is 1.20. The average Bonchev–Trinajstić information content (AvgIpc) is 2.70. The Morgan fingerprint density at radius 3 is 2.38 bits per heavy atom. The minimum atomic E-state index is -0.628. The molecule has 0 radical (unpaired) electrons. The maximum absolute atomic E-state index is 12.1. The van der Waals surface area contributed by atoms with Crippen LogP contribution in [-0.2, 0) is 19.1 Å². The van der Waals surface area contributed by atoms with Crippen molar-refractivity contribution >= 4 is 41.0 Å². The van der Waals surface area contributed by atoms with E-state index in [-0.39, 0.29) is 24.4 Å². The minimum absolute atomic E-state index is 0.0100. The number of thioether (sulfide) groups is 1. The fourth-order valence-electron chi connectivity index (χ4n) is 2.35. The van der Waals surface area contributed by atoms with Gasteiger partial charge in [-0.25, -0.2) is 0 Å². The summed E-state index contributed by atoms with van der Waals surface area (Å²) in [6, 6.07) is 14.0. The van der Waals surface area contributed by atoms with Gasteiger partial charge in [0.15, 0.2) is 12.4 Å². The molecule has 8 heteroatoms. The zero-order valence-electron chi connectivity index (χ0n) is 16.0. The van der Waals surface area contributed by atoms with Crippen molar-refractivity contribution in [2.75, 3.05) is 17.7 Å². The van der Waals surface area contributed by atoms with Crippen molar-refractivity contribution in [3.63, 3.8) is 0 Å². The lowest BCUT2D eigenvalue weighted by Crippen LogP contribution is -2.21. The van der Waals surface area contributed by atoms with Crippen LogP contribution in [0, 0.1) is 6.92 Å². The van der Waals surface area contributed by atoms with Crippen LogP contribution in [0.25, 0.3) is 0 Å². The van der Waals surface area contributed by atoms with Crippen molar-refractivity contribution in [2.45, 2.75) is 24.7 Å². The first kappa shape index (κ1) is 22.2. The number of aryl methyl sites for hydroxylation is 1. The highest BCUT2D eigenvalue weighted by Crippen LogP contribution is 2.26. The van der Waals surface area contributed by atoms with E-state index in [9.17, 15) is 19.2 Å². The monoisotopic (exact) mass is 414 g/mol. The predicted octanol–water partition coefficient (Wildman–Crippen LogP) is 2.72. The van der Waals surface area contributed by atoms with Gasteiger partial charge in [0.1, 0.15) is 0 Å². The van der Waals surface area contributed by atoms with Crippen LogP contribution in [-0.4, -0.2) is 35.9 Å². The molecule has 0 atom stereocenters. The molecule has 0 saturated carbocycles. The molecule has 0 aliphatic rings. The van der Waals surface area contributed by atoms with Crippen molar-refractivity contribution in [1.82, 2.24) is 0 Å². The van der Waals surface area contributed by atoms with Crippen LogP contribution in [0.1, 0.15) is 28.8 Å². The van der Waals surface area contributed by atoms with E-state index in [0.717, 1.165) is 5.56 Å². The van der Waals surface area contributed by atoms with Gasteiger partial charge in [-0.15, -0.1) is 11.8 Å². The van der Waals surface area contributed by atoms with Gasteiger partial charge in [0.25, 0.3) is 5.91 Å². The van der Waals surface area contributed by atoms with Crippen molar-refractivity contribution in [3.8, 4) is 0 Å². The number of para-hydroxylation sites is 1. The molecule has 29 heavy (non-hydrogen) atoms. The molecule has 0 saturated heterocycles. The molecule has 0 aromatic heterocycles. The topological polar surface area (TPSA) is 116 Å². The van der Waals surface area contributed by atoms with Crippen LogP contribution in [0.15, 0.2) is 53.4 Å². The van der Waals surface area contributed by atoms with Gasteiger partial charge in [0.05, 0.1) is 17.9 Å². The highest BCUT2D eigenvalue weighted by Gasteiger charge is 2.13. The molecule has 2 aromatic rings. The summed E-state index contributed by atoms with van der Waals surface area (Å²) in [6.45, 7) is 1.46. The van der Waals surface area contributed by atoms with E-state index >= 15 is 0 Å². The molecule has 7 nitrogen and oxygen atoms in total. The molecule has 2 amide bonds. The summed E-state index contributed by atoms with van der Waals surface area (Å²) in [5.41, 5.74) is 7.21. The summed E-state index contributed by atoms with van der Waals surface area (Å²) in [4.78, 5) is 47.5. The van der Waals surface area contributed by atoms with Crippen LogP contribution < -0.4 is 11.1 Å². The molecule has 0 unspecified atom stereocenters. The maximum atomic E-state index is 12.1. The molecule has 0 spiro atoms. The number of nitrogens with one attached hydrogen (secondary N) is 1. The Morgan fingerprint density at radius 2 is 1.69 bits per heavy atom. The number of nitrogens with two attached hydrogens (primary N) is 1. The van der Waals surface area contributed by atoms with Crippen molar-refractivity contribution in [2.24, 2.45) is 5.73 Å². The standard InChI is InChI=1S/C21H22N2O5S/c1-14-6-8-15(9-7-14)17(24)10-11-21(27)28-12-20(26)23-16-4-2-3-5-18(16)29-13-19(22)25/h2-9H,10-13H2,1H3,(H2,22,25)(H,23,26). The smallest absolute Gasteiger partial charge is 0.306 e. The molecular weight excluding hydrogens is 392 g/mol. The lowest BCUT2D eigenvalue weighted by Gasteiger charge is -2.10. The Balaban J connectivity index is 1.77. The predicted molar refractivity (Wildman–Crippen MR) is 111 cm³/mol. The number of ketones is 1. The molecule has 0 aliphatic heterocycles. The Labute approximate surface area is 173 Å². The number of rotatable bonds is 10. The van der Waals surface area contributed by atoms with E-state index < -0.39 is 24.4 Å². The van der Waals surface area contributed by atoms with Gasteiger partial charge in [-0.1, -0.05) is 42.0 Å². The van der Waals surface area contributed by atoms with E-state index in [1.165, 1.54) is 11.8 Å². The van der Waals surface area contributed by atoms with Crippen molar-refractivity contribution in [1.29, 1.82) is 0 Å². The summed E-state index contributed by atoms with van der Waals surface area (Å²) in [7, 11) is 0. The van der Waals surface area contributed by atoms with Gasteiger partial charge in [0, 0.05) is 16.9 Å². The number of amides is 2. The van der Waals surface area contributed by atoms with Gasteiger partial charge < -0.3 is 15.8 Å². The van der Waals surface area contributed by atoms with Crippen LogP contribution in [0.3, 0.4) is 0 Å². The molecule has 0 heterocycles. The molecule has 152 valence electrons. The fourth-order valence-corrected chi connectivity index (χ4v) is 3.10. The van der Waals surface area contributed by atoms with E-state index in [1.54, 1.807) is 36.4 Å². The third kappa shape index (κ3) is 7.79. The number of hydrogen-bond donors (Lipinski definition) is 2. The molecule has 0 aliphatic carbocycles. The number of esters is 1.